The van der Waals surface area contributed by atoms with Gasteiger partial charge >= 0.3 is 5.97 Å². The summed E-state index contributed by atoms with van der Waals surface area (Å²) in [5.74, 6) is 0.243. The second-order valence-electron chi connectivity index (χ2n) is 7.41. The molecule has 0 aliphatic carbocycles. The van der Waals surface area contributed by atoms with Crippen molar-refractivity contribution in [3.05, 3.63) is 113 Å². The van der Waals surface area contributed by atoms with Gasteiger partial charge in [0.2, 0.25) is 5.60 Å². The van der Waals surface area contributed by atoms with E-state index in [1.165, 1.54) is 0 Å². The SMILES string of the molecule is CC1=C(c2ccc(C)cc2)OC(=O)C12OC2(c1ccccc1)c1ccccc1. The third kappa shape index (κ3) is 2.11. The lowest BCUT2D eigenvalue weighted by molar-refractivity contribution is -0.139. The van der Waals surface area contributed by atoms with Crippen molar-refractivity contribution in [1.82, 2.24) is 0 Å². The first-order valence-corrected chi connectivity index (χ1v) is 9.41. The standard InChI is InChI=1S/C25H20O3/c1-17-13-15-19(16-14-17)22-18(2)24(23(26)27-22)25(28-24,20-9-5-3-6-10-20)21-11-7-4-8-12-21/h3-16H,1-2H3. The first kappa shape index (κ1) is 17.0. The fraction of sp³-hybridized carbons (Fsp3) is 0.160. The van der Waals surface area contributed by atoms with Gasteiger partial charge < -0.3 is 9.47 Å². The molecule has 0 aromatic heterocycles. The largest absolute Gasteiger partial charge is 0.423 e. The summed E-state index contributed by atoms with van der Waals surface area (Å²) in [7, 11) is 0. The predicted molar refractivity (Wildman–Crippen MR) is 107 cm³/mol. The molecule has 3 heteroatoms. The van der Waals surface area contributed by atoms with Crippen LogP contribution in [0.25, 0.3) is 5.76 Å². The summed E-state index contributed by atoms with van der Waals surface area (Å²) < 4.78 is 12.2. The van der Waals surface area contributed by atoms with Gasteiger partial charge in [-0.3, -0.25) is 0 Å². The quantitative estimate of drug-likeness (QED) is 0.483. The Morgan fingerprint density at radius 2 is 1.21 bits per heavy atom. The van der Waals surface area contributed by atoms with Crippen LogP contribution in [0, 0.1) is 6.92 Å². The van der Waals surface area contributed by atoms with Crippen LogP contribution in [0.4, 0.5) is 0 Å². The number of rotatable bonds is 3. The van der Waals surface area contributed by atoms with Gasteiger partial charge in [0.1, 0.15) is 5.76 Å². The van der Waals surface area contributed by atoms with Crippen LogP contribution in [0.2, 0.25) is 0 Å². The van der Waals surface area contributed by atoms with E-state index in [0.29, 0.717) is 5.76 Å². The molecule has 28 heavy (non-hydrogen) atoms. The minimum absolute atomic E-state index is 0.353. The summed E-state index contributed by atoms with van der Waals surface area (Å²) in [4.78, 5) is 13.2. The molecule has 0 saturated carbocycles. The van der Waals surface area contributed by atoms with Crippen molar-refractivity contribution in [2.24, 2.45) is 0 Å². The maximum atomic E-state index is 13.2. The summed E-state index contributed by atoms with van der Waals surface area (Å²) in [5, 5.41) is 0. The fourth-order valence-electron chi connectivity index (χ4n) is 4.30. The van der Waals surface area contributed by atoms with Crippen molar-refractivity contribution < 1.29 is 14.3 Å². The van der Waals surface area contributed by atoms with E-state index in [0.717, 1.165) is 27.8 Å². The first-order chi connectivity index (χ1) is 13.6. The monoisotopic (exact) mass is 368 g/mol. The number of cyclic esters (lactones) is 1. The Kier molecular flexibility index (Phi) is 3.58. The molecule has 3 aromatic rings. The van der Waals surface area contributed by atoms with E-state index in [1.54, 1.807) is 0 Å². The summed E-state index contributed by atoms with van der Waals surface area (Å²) >= 11 is 0. The lowest BCUT2D eigenvalue weighted by Crippen LogP contribution is -2.32. The molecule has 2 aliphatic rings. The first-order valence-electron chi connectivity index (χ1n) is 9.41. The van der Waals surface area contributed by atoms with Crippen LogP contribution in [0.5, 0.6) is 0 Å². The van der Waals surface area contributed by atoms with E-state index in [9.17, 15) is 4.79 Å². The minimum Gasteiger partial charge on any atom is -0.423 e. The number of carbonyl (C=O) groups is 1. The molecule has 3 nitrogen and oxygen atoms in total. The molecule has 1 unspecified atom stereocenters. The average Bonchev–Trinajstić information content (AvgIpc) is 3.40. The van der Waals surface area contributed by atoms with Gasteiger partial charge in [0, 0.05) is 11.1 Å². The van der Waals surface area contributed by atoms with Gasteiger partial charge in [-0.15, -0.1) is 0 Å². The Bertz CT molecular complexity index is 1040. The molecule has 3 aromatic carbocycles. The average molecular weight is 368 g/mol. The third-order valence-corrected chi connectivity index (χ3v) is 5.79. The zero-order chi connectivity index (χ0) is 19.4. The lowest BCUT2D eigenvalue weighted by atomic mass is 9.77. The highest BCUT2D eigenvalue weighted by Crippen LogP contribution is 2.67. The second kappa shape index (κ2) is 5.91. The third-order valence-electron chi connectivity index (χ3n) is 5.79. The molecule has 1 saturated heterocycles. The maximum absolute atomic E-state index is 13.2. The number of ether oxygens (including phenoxy) is 2. The Balaban J connectivity index is 1.71. The van der Waals surface area contributed by atoms with Crippen LogP contribution in [0.3, 0.4) is 0 Å². The molecule has 0 bridgehead atoms. The highest BCUT2D eigenvalue weighted by molar-refractivity contribution is 6.01. The van der Waals surface area contributed by atoms with Gasteiger partial charge in [0.25, 0.3) is 0 Å². The number of benzene rings is 3. The highest BCUT2D eigenvalue weighted by Gasteiger charge is 2.81. The lowest BCUT2D eigenvalue weighted by Gasteiger charge is -2.17. The van der Waals surface area contributed by atoms with Crippen molar-refractivity contribution in [2.45, 2.75) is 25.0 Å². The van der Waals surface area contributed by atoms with E-state index in [-0.39, 0.29) is 5.97 Å². The van der Waals surface area contributed by atoms with Crippen LogP contribution in [-0.4, -0.2) is 11.6 Å². The van der Waals surface area contributed by atoms with Gasteiger partial charge in [-0.05, 0) is 25.0 Å². The summed E-state index contributed by atoms with van der Waals surface area (Å²) in [5.41, 5.74) is 2.75. The number of esters is 1. The molecule has 1 spiro atoms. The summed E-state index contributed by atoms with van der Waals surface area (Å²) in [6.07, 6.45) is 0. The predicted octanol–water partition coefficient (Wildman–Crippen LogP) is 5.00. The maximum Gasteiger partial charge on any atom is 0.352 e. The fourth-order valence-corrected chi connectivity index (χ4v) is 4.30. The molecule has 1 atom stereocenters. The van der Waals surface area contributed by atoms with E-state index in [4.69, 9.17) is 9.47 Å². The molecule has 0 N–H and O–H groups in total. The molecule has 0 amide bonds. The van der Waals surface area contributed by atoms with E-state index >= 15 is 0 Å². The number of aryl methyl sites for hydroxylation is 1. The van der Waals surface area contributed by atoms with Gasteiger partial charge in [-0.2, -0.15) is 0 Å². The minimum atomic E-state index is -1.13. The van der Waals surface area contributed by atoms with Crippen LogP contribution < -0.4 is 0 Å². The topological polar surface area (TPSA) is 38.8 Å². The number of epoxide rings is 1. The number of hydrogen-bond donors (Lipinski definition) is 0. The van der Waals surface area contributed by atoms with Gasteiger partial charge in [-0.25, -0.2) is 4.79 Å². The molecule has 5 rings (SSSR count). The van der Waals surface area contributed by atoms with E-state index in [2.05, 4.69) is 0 Å². The zero-order valence-electron chi connectivity index (χ0n) is 15.8. The van der Waals surface area contributed by atoms with Crippen molar-refractivity contribution in [2.75, 3.05) is 0 Å². The molecule has 1 fully saturated rings. The highest BCUT2D eigenvalue weighted by atomic mass is 16.7. The van der Waals surface area contributed by atoms with Crippen molar-refractivity contribution in [3.8, 4) is 0 Å². The zero-order valence-corrected chi connectivity index (χ0v) is 15.8. The Morgan fingerprint density at radius 1 is 0.679 bits per heavy atom. The molecule has 0 radical (unpaired) electrons. The summed E-state index contributed by atoms with van der Waals surface area (Å²) in [6, 6.07) is 27.8. The molecule has 2 aliphatic heterocycles. The van der Waals surface area contributed by atoms with Gasteiger partial charge in [0.05, 0.1) is 0 Å². The van der Waals surface area contributed by atoms with Crippen LogP contribution in [-0.2, 0) is 19.9 Å². The Morgan fingerprint density at radius 3 is 1.75 bits per heavy atom. The molecular formula is C25H20O3. The number of carbonyl (C=O) groups excluding carboxylic acids is 1. The van der Waals surface area contributed by atoms with E-state index < -0.39 is 11.2 Å². The molecular weight excluding hydrogens is 348 g/mol. The van der Waals surface area contributed by atoms with Gasteiger partial charge in [-0.1, -0.05) is 90.5 Å². The van der Waals surface area contributed by atoms with E-state index in [1.807, 2.05) is 98.8 Å². The molecule has 2 heterocycles. The smallest absolute Gasteiger partial charge is 0.352 e. The van der Waals surface area contributed by atoms with Crippen molar-refractivity contribution >= 4 is 11.7 Å². The van der Waals surface area contributed by atoms with Crippen LogP contribution in [0.15, 0.2) is 90.5 Å². The Hall–Kier alpha value is -3.17. The van der Waals surface area contributed by atoms with Crippen LogP contribution >= 0.6 is 0 Å². The van der Waals surface area contributed by atoms with Gasteiger partial charge in [0.15, 0.2) is 5.60 Å². The normalized spacial score (nSPS) is 22.4. The molecule has 138 valence electrons. The Labute approximate surface area is 164 Å². The van der Waals surface area contributed by atoms with Crippen molar-refractivity contribution in [3.63, 3.8) is 0 Å². The van der Waals surface area contributed by atoms with Crippen LogP contribution in [0.1, 0.15) is 29.2 Å². The number of hydrogen-bond acceptors (Lipinski definition) is 3. The summed E-state index contributed by atoms with van der Waals surface area (Å²) in [6.45, 7) is 3.97. The van der Waals surface area contributed by atoms with Crippen molar-refractivity contribution in [1.29, 1.82) is 0 Å². The second-order valence-corrected chi connectivity index (χ2v) is 7.41.